The third-order valence-electron chi connectivity index (χ3n) is 6.31. The van der Waals surface area contributed by atoms with E-state index >= 15 is 0 Å². The van der Waals surface area contributed by atoms with Crippen LogP contribution in [0.1, 0.15) is 68.8 Å². The maximum absolute atomic E-state index is 13.8. The van der Waals surface area contributed by atoms with Crippen LogP contribution in [0.5, 0.6) is 0 Å². The standard InChI is InChI=1S/C29H36N4O4/c1-19(2)18-23-26(37-27(33-23)21-13-16-31-17-14-21)25(35)22(11-10-20-8-6-5-7-9-20)32-24(34)12-15-29(3,4)28(30)36/h5-9,13-14,16-17,19,22H,10-12,15,18H2,1-4H3,(H2,30,36)(H,32,34). The highest BCUT2D eigenvalue weighted by molar-refractivity contribution is 6.01. The normalized spacial score (nSPS) is 12.4. The van der Waals surface area contributed by atoms with Gasteiger partial charge in [0.25, 0.3) is 0 Å². The number of amides is 2. The van der Waals surface area contributed by atoms with Crippen molar-refractivity contribution >= 4 is 17.6 Å². The molecule has 2 amide bonds. The van der Waals surface area contributed by atoms with Crippen LogP contribution in [0.4, 0.5) is 0 Å². The lowest BCUT2D eigenvalue weighted by Gasteiger charge is -2.21. The summed E-state index contributed by atoms with van der Waals surface area (Å²) < 4.78 is 6.02. The number of carbonyl (C=O) groups excluding carboxylic acids is 3. The topological polar surface area (TPSA) is 128 Å². The number of Topliss-reactive ketones (excluding diaryl/α,β-unsaturated/α-hetero) is 1. The zero-order chi connectivity index (χ0) is 27.0. The van der Waals surface area contributed by atoms with Crippen molar-refractivity contribution in [2.45, 2.75) is 65.8 Å². The van der Waals surface area contributed by atoms with Crippen molar-refractivity contribution in [1.29, 1.82) is 0 Å². The molecular weight excluding hydrogens is 468 g/mol. The number of aromatic nitrogens is 2. The van der Waals surface area contributed by atoms with E-state index in [4.69, 9.17) is 10.2 Å². The molecule has 3 aromatic rings. The summed E-state index contributed by atoms with van der Waals surface area (Å²) in [7, 11) is 0. The maximum Gasteiger partial charge on any atom is 0.227 e. The molecule has 0 spiro atoms. The molecule has 1 atom stereocenters. The molecule has 196 valence electrons. The number of nitrogens with zero attached hydrogens (tertiary/aromatic N) is 2. The summed E-state index contributed by atoms with van der Waals surface area (Å²) in [5.41, 5.74) is 6.98. The lowest BCUT2D eigenvalue weighted by atomic mass is 9.87. The van der Waals surface area contributed by atoms with Crippen LogP contribution in [-0.2, 0) is 22.4 Å². The molecule has 3 rings (SSSR count). The van der Waals surface area contributed by atoms with E-state index in [2.05, 4.69) is 15.3 Å². The molecule has 8 heteroatoms. The molecule has 0 aliphatic carbocycles. The molecule has 3 N–H and O–H groups in total. The number of oxazole rings is 1. The highest BCUT2D eigenvalue weighted by atomic mass is 16.4. The van der Waals surface area contributed by atoms with E-state index in [0.29, 0.717) is 30.8 Å². The molecule has 2 heterocycles. The third-order valence-corrected chi connectivity index (χ3v) is 6.31. The summed E-state index contributed by atoms with van der Waals surface area (Å²) in [5.74, 6) is -0.355. The first-order valence-corrected chi connectivity index (χ1v) is 12.6. The van der Waals surface area contributed by atoms with E-state index in [1.807, 2.05) is 44.2 Å². The Morgan fingerprint density at radius 3 is 2.35 bits per heavy atom. The molecule has 0 saturated heterocycles. The highest BCUT2D eigenvalue weighted by Gasteiger charge is 2.31. The van der Waals surface area contributed by atoms with Crippen LogP contribution in [-0.4, -0.2) is 33.6 Å². The van der Waals surface area contributed by atoms with Crippen molar-refractivity contribution in [3.8, 4) is 11.5 Å². The van der Waals surface area contributed by atoms with E-state index < -0.39 is 17.4 Å². The molecule has 1 unspecified atom stereocenters. The Kier molecular flexibility index (Phi) is 9.33. The van der Waals surface area contributed by atoms with Crippen LogP contribution in [0.25, 0.3) is 11.5 Å². The van der Waals surface area contributed by atoms with Crippen molar-refractivity contribution in [2.75, 3.05) is 0 Å². The van der Waals surface area contributed by atoms with Gasteiger partial charge in [0, 0.05) is 29.8 Å². The van der Waals surface area contributed by atoms with E-state index in [0.717, 1.165) is 11.1 Å². The smallest absolute Gasteiger partial charge is 0.227 e. The van der Waals surface area contributed by atoms with Gasteiger partial charge >= 0.3 is 0 Å². The van der Waals surface area contributed by atoms with Crippen LogP contribution in [0.2, 0.25) is 0 Å². The second-order valence-electron chi connectivity index (χ2n) is 10.4. The van der Waals surface area contributed by atoms with Gasteiger partial charge in [0.05, 0.1) is 11.7 Å². The Labute approximate surface area is 218 Å². The van der Waals surface area contributed by atoms with Gasteiger partial charge in [-0.25, -0.2) is 4.98 Å². The van der Waals surface area contributed by atoms with Crippen molar-refractivity contribution in [3.05, 3.63) is 71.9 Å². The number of primary amides is 1. The second kappa shape index (κ2) is 12.4. The Hall–Kier alpha value is -3.81. The minimum Gasteiger partial charge on any atom is -0.433 e. The van der Waals surface area contributed by atoms with Crippen molar-refractivity contribution in [1.82, 2.24) is 15.3 Å². The van der Waals surface area contributed by atoms with E-state index in [-0.39, 0.29) is 36.2 Å². The first kappa shape index (κ1) is 27.8. The summed E-state index contributed by atoms with van der Waals surface area (Å²) in [5, 5.41) is 2.89. The van der Waals surface area contributed by atoms with Crippen LogP contribution in [0.15, 0.2) is 59.3 Å². The fourth-order valence-electron chi connectivity index (χ4n) is 3.89. The van der Waals surface area contributed by atoms with E-state index in [1.165, 1.54) is 0 Å². The number of hydrogen-bond donors (Lipinski definition) is 2. The molecule has 0 bridgehead atoms. The van der Waals surface area contributed by atoms with Crippen LogP contribution in [0, 0.1) is 11.3 Å². The number of pyridine rings is 1. The lowest BCUT2D eigenvalue weighted by molar-refractivity contribution is -0.127. The Bertz CT molecular complexity index is 1200. The van der Waals surface area contributed by atoms with Gasteiger partial charge in [-0.2, -0.15) is 0 Å². The number of aryl methyl sites for hydroxylation is 1. The molecule has 0 aliphatic rings. The number of benzene rings is 1. The molecule has 0 radical (unpaired) electrons. The molecular formula is C29H36N4O4. The van der Waals surface area contributed by atoms with Crippen LogP contribution in [0.3, 0.4) is 0 Å². The fraction of sp³-hybridized carbons (Fsp3) is 0.414. The van der Waals surface area contributed by atoms with Crippen molar-refractivity contribution in [2.24, 2.45) is 17.1 Å². The number of ketones is 1. The summed E-state index contributed by atoms with van der Waals surface area (Å²) in [6, 6.07) is 12.5. The SMILES string of the molecule is CC(C)Cc1nc(-c2ccncc2)oc1C(=O)C(CCc1ccccc1)NC(=O)CCC(C)(C)C(N)=O. The Balaban J connectivity index is 1.87. The van der Waals surface area contributed by atoms with Crippen molar-refractivity contribution < 1.29 is 18.8 Å². The summed E-state index contributed by atoms with van der Waals surface area (Å²) >= 11 is 0. The molecule has 1 aromatic carbocycles. The van der Waals surface area contributed by atoms with Gasteiger partial charge in [-0.05, 0) is 49.3 Å². The van der Waals surface area contributed by atoms with Crippen LogP contribution < -0.4 is 11.1 Å². The number of hydrogen-bond acceptors (Lipinski definition) is 6. The predicted molar refractivity (Wildman–Crippen MR) is 142 cm³/mol. The lowest BCUT2D eigenvalue weighted by Crippen LogP contribution is -2.42. The quantitative estimate of drug-likeness (QED) is 0.329. The number of carbonyl (C=O) groups is 3. The highest BCUT2D eigenvalue weighted by Crippen LogP contribution is 2.26. The summed E-state index contributed by atoms with van der Waals surface area (Å²) in [4.78, 5) is 47.0. The molecule has 37 heavy (non-hydrogen) atoms. The van der Waals surface area contributed by atoms with Gasteiger partial charge in [0.2, 0.25) is 23.5 Å². The number of rotatable bonds is 13. The van der Waals surface area contributed by atoms with Gasteiger partial charge in [-0.15, -0.1) is 0 Å². The van der Waals surface area contributed by atoms with Gasteiger partial charge in [0.1, 0.15) is 0 Å². The molecule has 0 saturated carbocycles. The van der Waals surface area contributed by atoms with E-state index in [9.17, 15) is 14.4 Å². The van der Waals surface area contributed by atoms with E-state index in [1.54, 1.807) is 38.4 Å². The molecule has 0 fully saturated rings. The molecule has 0 aliphatic heterocycles. The fourth-order valence-corrected chi connectivity index (χ4v) is 3.89. The Morgan fingerprint density at radius 1 is 1.05 bits per heavy atom. The largest absolute Gasteiger partial charge is 0.433 e. The minimum atomic E-state index is -0.824. The summed E-state index contributed by atoms with van der Waals surface area (Å²) in [6.45, 7) is 7.50. The Morgan fingerprint density at radius 2 is 1.73 bits per heavy atom. The van der Waals surface area contributed by atoms with Gasteiger partial charge in [0.15, 0.2) is 5.76 Å². The first-order valence-electron chi connectivity index (χ1n) is 12.6. The number of nitrogens with two attached hydrogens (primary N) is 1. The number of nitrogens with one attached hydrogen (secondary N) is 1. The maximum atomic E-state index is 13.8. The average molecular weight is 505 g/mol. The first-order chi connectivity index (χ1) is 17.6. The van der Waals surface area contributed by atoms with Gasteiger partial charge in [-0.1, -0.05) is 58.0 Å². The second-order valence-corrected chi connectivity index (χ2v) is 10.4. The molecule has 8 nitrogen and oxygen atoms in total. The minimum absolute atomic E-state index is 0.0720. The van der Waals surface area contributed by atoms with Gasteiger partial charge in [-0.3, -0.25) is 19.4 Å². The van der Waals surface area contributed by atoms with Gasteiger partial charge < -0.3 is 15.5 Å². The zero-order valence-corrected chi connectivity index (χ0v) is 22.0. The average Bonchev–Trinajstić information content (AvgIpc) is 3.29. The third kappa shape index (κ3) is 7.84. The monoisotopic (exact) mass is 504 g/mol. The molecule has 2 aromatic heterocycles. The summed E-state index contributed by atoms with van der Waals surface area (Å²) in [6.07, 6.45) is 5.17. The predicted octanol–water partition coefficient (Wildman–Crippen LogP) is 4.53. The van der Waals surface area contributed by atoms with Crippen molar-refractivity contribution in [3.63, 3.8) is 0 Å². The van der Waals surface area contributed by atoms with Crippen LogP contribution >= 0.6 is 0 Å². The zero-order valence-electron chi connectivity index (χ0n) is 22.0.